The third kappa shape index (κ3) is 1.27. The topological polar surface area (TPSA) is 46.5 Å². The summed E-state index contributed by atoms with van der Waals surface area (Å²) in [6.07, 6.45) is 0. The smallest absolute Gasteiger partial charge is 0.336 e. The highest BCUT2D eigenvalue weighted by Crippen LogP contribution is 2.67. The second-order valence-electron chi connectivity index (χ2n) is 6.74. The molecule has 1 N–H and O–H groups in total. The van der Waals surface area contributed by atoms with Gasteiger partial charge in [0.05, 0.1) is 18.8 Å². The highest BCUT2D eigenvalue weighted by atomic mass is 16.5. The second kappa shape index (κ2) is 3.73. The molecule has 0 radical (unpaired) electrons. The van der Waals surface area contributed by atoms with Crippen LogP contribution in [-0.2, 0) is 9.53 Å². The van der Waals surface area contributed by atoms with Gasteiger partial charge >= 0.3 is 5.97 Å². The molecule has 0 spiro atoms. The predicted molar refractivity (Wildman–Crippen MR) is 75.3 cm³/mol. The lowest BCUT2D eigenvalue weighted by molar-refractivity contribution is -0.132. The van der Waals surface area contributed by atoms with Crippen LogP contribution >= 0.6 is 0 Å². The Labute approximate surface area is 118 Å². The number of aliphatic carboxylic acids is 1. The average Bonchev–Trinajstić information content (AvgIpc) is 2.42. The van der Waals surface area contributed by atoms with Crippen LogP contribution in [0.5, 0.6) is 0 Å². The molecule has 2 aliphatic carbocycles. The van der Waals surface area contributed by atoms with Gasteiger partial charge in [0.15, 0.2) is 0 Å². The van der Waals surface area contributed by atoms with E-state index in [1.807, 2.05) is 18.2 Å². The number of carboxylic acid groups (broad SMARTS) is 1. The summed E-state index contributed by atoms with van der Waals surface area (Å²) in [6, 6.07) is 7.99. The molecule has 20 heavy (non-hydrogen) atoms. The highest BCUT2D eigenvalue weighted by Gasteiger charge is 2.61. The van der Waals surface area contributed by atoms with Gasteiger partial charge in [-0.25, -0.2) is 4.79 Å². The second-order valence-corrected chi connectivity index (χ2v) is 6.74. The monoisotopic (exact) mass is 270 g/mol. The zero-order valence-electron chi connectivity index (χ0n) is 11.7. The zero-order chi connectivity index (χ0) is 14.1. The van der Waals surface area contributed by atoms with Crippen LogP contribution in [0.2, 0.25) is 0 Å². The van der Waals surface area contributed by atoms with Crippen LogP contribution in [0.4, 0.5) is 0 Å². The molecular weight excluding hydrogens is 252 g/mol. The van der Waals surface area contributed by atoms with Crippen molar-refractivity contribution in [1.29, 1.82) is 0 Å². The summed E-state index contributed by atoms with van der Waals surface area (Å²) >= 11 is 0. The molecule has 1 aromatic carbocycles. The summed E-state index contributed by atoms with van der Waals surface area (Å²) in [7, 11) is 0. The van der Waals surface area contributed by atoms with Gasteiger partial charge in [0.2, 0.25) is 0 Å². The molecule has 3 unspecified atom stereocenters. The maximum atomic E-state index is 11.7. The first kappa shape index (κ1) is 12.2. The molecule has 1 saturated heterocycles. The number of carboxylic acids is 1. The van der Waals surface area contributed by atoms with E-state index in [1.54, 1.807) is 0 Å². The van der Waals surface area contributed by atoms with Gasteiger partial charge in [-0.2, -0.15) is 0 Å². The fourth-order valence-corrected chi connectivity index (χ4v) is 4.68. The molecule has 3 aliphatic rings. The van der Waals surface area contributed by atoms with Crippen LogP contribution in [0.3, 0.4) is 0 Å². The Morgan fingerprint density at radius 2 is 2.10 bits per heavy atom. The number of benzene rings is 1. The van der Waals surface area contributed by atoms with E-state index in [-0.39, 0.29) is 5.41 Å². The third-order valence-electron chi connectivity index (χ3n) is 5.61. The van der Waals surface area contributed by atoms with Crippen molar-refractivity contribution in [3.8, 4) is 0 Å². The van der Waals surface area contributed by atoms with E-state index in [1.165, 1.54) is 5.56 Å². The standard InChI is InChI=1S/C17H18O3/c1-17(2)12-8-20-7-11-13(16(18)19)9-5-3-4-6-10(9)15(17)14(11)12/h3-6,12,14-15H,7-8H2,1-2H3,(H,18,19). The summed E-state index contributed by atoms with van der Waals surface area (Å²) in [5.41, 5.74) is 3.78. The van der Waals surface area contributed by atoms with E-state index < -0.39 is 5.97 Å². The fourth-order valence-electron chi connectivity index (χ4n) is 4.68. The molecule has 0 amide bonds. The van der Waals surface area contributed by atoms with Crippen molar-refractivity contribution >= 4 is 11.5 Å². The maximum Gasteiger partial charge on any atom is 0.336 e. The Hall–Kier alpha value is -1.61. The lowest BCUT2D eigenvalue weighted by Gasteiger charge is -2.63. The first-order valence-electron chi connectivity index (χ1n) is 7.17. The number of hydrogen-bond acceptors (Lipinski definition) is 2. The predicted octanol–water partition coefficient (Wildman–Crippen LogP) is 2.92. The van der Waals surface area contributed by atoms with Gasteiger partial charge in [-0.3, -0.25) is 0 Å². The van der Waals surface area contributed by atoms with Crippen molar-refractivity contribution in [2.75, 3.05) is 13.2 Å². The quantitative estimate of drug-likeness (QED) is 0.853. The van der Waals surface area contributed by atoms with E-state index in [4.69, 9.17) is 4.74 Å². The molecule has 1 aromatic rings. The molecule has 0 bridgehead atoms. The minimum Gasteiger partial charge on any atom is -0.478 e. The van der Waals surface area contributed by atoms with Gasteiger partial charge in [0, 0.05) is 0 Å². The molecule has 1 aliphatic heterocycles. The van der Waals surface area contributed by atoms with Crippen LogP contribution < -0.4 is 0 Å². The van der Waals surface area contributed by atoms with Gasteiger partial charge in [-0.1, -0.05) is 38.1 Å². The SMILES string of the molecule is CC1(C)C2COCC3=C(C(=O)O)c4ccccc4C1C32. The largest absolute Gasteiger partial charge is 0.478 e. The molecular formula is C17H18O3. The summed E-state index contributed by atoms with van der Waals surface area (Å²) in [5, 5.41) is 9.64. The van der Waals surface area contributed by atoms with Crippen molar-refractivity contribution in [2.24, 2.45) is 17.3 Å². The van der Waals surface area contributed by atoms with Crippen LogP contribution in [0.15, 0.2) is 29.8 Å². The first-order chi connectivity index (χ1) is 9.53. The van der Waals surface area contributed by atoms with E-state index in [0.29, 0.717) is 29.9 Å². The summed E-state index contributed by atoms with van der Waals surface area (Å²) in [5.74, 6) is 0.421. The van der Waals surface area contributed by atoms with Crippen molar-refractivity contribution in [1.82, 2.24) is 0 Å². The number of rotatable bonds is 1. The van der Waals surface area contributed by atoms with Crippen molar-refractivity contribution in [3.05, 3.63) is 41.0 Å². The maximum absolute atomic E-state index is 11.7. The van der Waals surface area contributed by atoms with Crippen molar-refractivity contribution in [2.45, 2.75) is 19.8 Å². The van der Waals surface area contributed by atoms with Crippen LogP contribution in [0.25, 0.3) is 5.57 Å². The number of fused-ring (bicyclic) bond motifs is 2. The van der Waals surface area contributed by atoms with E-state index in [0.717, 1.165) is 17.7 Å². The molecule has 4 rings (SSSR count). The van der Waals surface area contributed by atoms with Crippen LogP contribution in [-0.4, -0.2) is 24.3 Å². The number of carbonyl (C=O) groups is 1. The lowest BCUT2D eigenvalue weighted by atomic mass is 9.42. The van der Waals surface area contributed by atoms with Gasteiger partial charge < -0.3 is 9.84 Å². The van der Waals surface area contributed by atoms with Crippen molar-refractivity contribution in [3.63, 3.8) is 0 Å². The Morgan fingerprint density at radius 1 is 1.35 bits per heavy atom. The average molecular weight is 270 g/mol. The molecule has 0 aromatic heterocycles. The van der Waals surface area contributed by atoms with E-state index >= 15 is 0 Å². The zero-order valence-corrected chi connectivity index (χ0v) is 11.7. The normalized spacial score (nSPS) is 33.0. The first-order valence-corrected chi connectivity index (χ1v) is 7.17. The van der Waals surface area contributed by atoms with Gasteiger partial charge in [0.1, 0.15) is 0 Å². The Balaban J connectivity index is 2.00. The molecule has 3 nitrogen and oxygen atoms in total. The highest BCUT2D eigenvalue weighted by molar-refractivity contribution is 6.17. The number of ether oxygens (including phenoxy) is 1. The summed E-state index contributed by atoms with van der Waals surface area (Å²) < 4.78 is 5.70. The van der Waals surface area contributed by atoms with Crippen LogP contribution in [0.1, 0.15) is 30.9 Å². The molecule has 1 heterocycles. The van der Waals surface area contributed by atoms with Crippen molar-refractivity contribution < 1.29 is 14.6 Å². The van der Waals surface area contributed by atoms with Crippen LogP contribution in [0, 0.1) is 17.3 Å². The van der Waals surface area contributed by atoms with E-state index in [9.17, 15) is 9.90 Å². The summed E-state index contributed by atoms with van der Waals surface area (Å²) in [6.45, 7) is 5.80. The minimum atomic E-state index is -0.820. The fraction of sp³-hybridized carbons (Fsp3) is 0.471. The molecule has 2 fully saturated rings. The minimum absolute atomic E-state index is 0.177. The Bertz CT molecular complexity index is 641. The third-order valence-corrected chi connectivity index (χ3v) is 5.61. The lowest BCUT2D eigenvalue weighted by Crippen LogP contribution is -2.58. The van der Waals surface area contributed by atoms with E-state index in [2.05, 4.69) is 19.9 Å². The Kier molecular flexibility index (Phi) is 2.27. The number of hydrogen-bond donors (Lipinski definition) is 1. The van der Waals surface area contributed by atoms with Gasteiger partial charge in [0.25, 0.3) is 0 Å². The van der Waals surface area contributed by atoms with Gasteiger partial charge in [-0.05, 0) is 39.9 Å². The van der Waals surface area contributed by atoms with Gasteiger partial charge in [-0.15, -0.1) is 0 Å². The molecule has 3 atom stereocenters. The summed E-state index contributed by atoms with van der Waals surface area (Å²) in [4.78, 5) is 11.7. The molecule has 3 heteroatoms. The Morgan fingerprint density at radius 3 is 2.85 bits per heavy atom. The molecule has 104 valence electrons. The molecule has 1 saturated carbocycles.